The molecule has 2 N–H and O–H groups in total. The summed E-state index contributed by atoms with van der Waals surface area (Å²) in [6.07, 6.45) is 4.83. The van der Waals surface area contributed by atoms with E-state index < -0.39 is 4.92 Å². The third-order valence-corrected chi connectivity index (χ3v) is 3.33. The van der Waals surface area contributed by atoms with E-state index in [9.17, 15) is 14.9 Å². The number of carbonyl (C=O) groups excluding carboxylic acids is 1. The summed E-state index contributed by atoms with van der Waals surface area (Å²) in [5.41, 5.74) is 5.30. The van der Waals surface area contributed by atoms with Crippen molar-refractivity contribution < 1.29 is 9.72 Å². The fourth-order valence-corrected chi connectivity index (χ4v) is 2.10. The Hall–Kier alpha value is -2.18. The van der Waals surface area contributed by atoms with Gasteiger partial charge in [0.05, 0.1) is 4.92 Å². The SMILES string of the molecule is CCCCN(C(=O)c1cc(N)ncc1[N+](=O)[O-])C1CC1. The highest BCUT2D eigenvalue weighted by atomic mass is 16.6. The Morgan fingerprint density at radius 2 is 2.30 bits per heavy atom. The zero-order valence-corrected chi connectivity index (χ0v) is 11.4. The van der Waals surface area contributed by atoms with Gasteiger partial charge < -0.3 is 10.6 Å². The molecule has 1 aromatic heterocycles. The first-order chi connectivity index (χ1) is 9.54. The molecule has 2 rings (SSSR count). The second-order valence-electron chi connectivity index (χ2n) is 4.97. The van der Waals surface area contributed by atoms with Gasteiger partial charge in [0.15, 0.2) is 0 Å². The Morgan fingerprint density at radius 3 is 2.85 bits per heavy atom. The molecule has 1 heterocycles. The predicted octanol–water partition coefficient (Wildman–Crippen LogP) is 1.98. The largest absolute Gasteiger partial charge is 0.384 e. The standard InChI is InChI=1S/C13H18N4O3/c1-2-3-6-16(9-4-5-9)13(18)10-7-12(14)15-8-11(10)17(19)20/h7-9H,2-6H2,1H3,(H2,14,15). The monoisotopic (exact) mass is 278 g/mol. The van der Waals surface area contributed by atoms with E-state index in [0.29, 0.717) is 6.54 Å². The second-order valence-corrected chi connectivity index (χ2v) is 4.97. The number of amides is 1. The van der Waals surface area contributed by atoms with Crippen LogP contribution in [0.3, 0.4) is 0 Å². The van der Waals surface area contributed by atoms with Gasteiger partial charge in [0.25, 0.3) is 11.6 Å². The number of aromatic nitrogens is 1. The molecule has 0 radical (unpaired) electrons. The highest BCUT2D eigenvalue weighted by molar-refractivity contribution is 5.99. The van der Waals surface area contributed by atoms with Gasteiger partial charge in [0.2, 0.25) is 0 Å². The van der Waals surface area contributed by atoms with E-state index >= 15 is 0 Å². The van der Waals surface area contributed by atoms with Crippen molar-refractivity contribution in [2.24, 2.45) is 0 Å². The normalized spacial score (nSPS) is 14.1. The van der Waals surface area contributed by atoms with Gasteiger partial charge in [0, 0.05) is 12.6 Å². The number of carbonyl (C=O) groups is 1. The molecule has 1 saturated carbocycles. The van der Waals surface area contributed by atoms with Crippen LogP contribution < -0.4 is 5.73 Å². The topological polar surface area (TPSA) is 102 Å². The van der Waals surface area contributed by atoms with Crippen molar-refractivity contribution in [3.05, 3.63) is 27.9 Å². The summed E-state index contributed by atoms with van der Waals surface area (Å²) < 4.78 is 0. The second kappa shape index (κ2) is 5.85. The zero-order valence-electron chi connectivity index (χ0n) is 11.4. The Kier molecular flexibility index (Phi) is 4.16. The Labute approximate surface area is 116 Å². The maximum Gasteiger partial charge on any atom is 0.300 e. The first-order valence-corrected chi connectivity index (χ1v) is 6.75. The average molecular weight is 278 g/mol. The van der Waals surface area contributed by atoms with Crippen LogP contribution in [0.5, 0.6) is 0 Å². The molecule has 0 saturated heterocycles. The van der Waals surface area contributed by atoms with Crippen LogP contribution in [-0.2, 0) is 0 Å². The van der Waals surface area contributed by atoms with E-state index in [-0.39, 0.29) is 29.0 Å². The van der Waals surface area contributed by atoms with Crippen LogP contribution >= 0.6 is 0 Å². The van der Waals surface area contributed by atoms with Crippen molar-refractivity contribution in [1.82, 2.24) is 9.88 Å². The van der Waals surface area contributed by atoms with E-state index in [1.165, 1.54) is 6.07 Å². The average Bonchev–Trinajstić information content (AvgIpc) is 3.23. The van der Waals surface area contributed by atoms with Crippen molar-refractivity contribution in [2.45, 2.75) is 38.6 Å². The number of nitrogens with zero attached hydrogens (tertiary/aromatic N) is 3. The molecule has 0 aliphatic heterocycles. The molecule has 1 aliphatic carbocycles. The molecular weight excluding hydrogens is 260 g/mol. The molecule has 20 heavy (non-hydrogen) atoms. The lowest BCUT2D eigenvalue weighted by molar-refractivity contribution is -0.385. The van der Waals surface area contributed by atoms with Crippen LogP contribution in [0.1, 0.15) is 43.0 Å². The first-order valence-electron chi connectivity index (χ1n) is 6.75. The van der Waals surface area contributed by atoms with Crippen LogP contribution in [0.25, 0.3) is 0 Å². The Bertz CT molecular complexity index is 528. The summed E-state index contributed by atoms with van der Waals surface area (Å²) in [6, 6.07) is 1.50. The number of rotatable bonds is 6. The predicted molar refractivity (Wildman–Crippen MR) is 74.3 cm³/mol. The van der Waals surface area contributed by atoms with E-state index in [1.54, 1.807) is 4.90 Å². The minimum absolute atomic E-state index is 0.0329. The van der Waals surface area contributed by atoms with Gasteiger partial charge in [-0.15, -0.1) is 0 Å². The van der Waals surface area contributed by atoms with Gasteiger partial charge in [-0.25, -0.2) is 4.98 Å². The number of unbranched alkanes of at least 4 members (excludes halogenated alkanes) is 1. The number of hydrogen-bond donors (Lipinski definition) is 1. The molecule has 108 valence electrons. The maximum atomic E-state index is 12.5. The molecule has 1 aromatic rings. The fourth-order valence-electron chi connectivity index (χ4n) is 2.10. The quantitative estimate of drug-likeness (QED) is 0.633. The number of hydrogen-bond acceptors (Lipinski definition) is 5. The van der Waals surface area contributed by atoms with Gasteiger partial charge in [-0.05, 0) is 25.3 Å². The van der Waals surface area contributed by atoms with Crippen LogP contribution in [0.2, 0.25) is 0 Å². The molecule has 7 heteroatoms. The highest BCUT2D eigenvalue weighted by Gasteiger charge is 2.35. The Morgan fingerprint density at radius 1 is 1.60 bits per heavy atom. The minimum Gasteiger partial charge on any atom is -0.384 e. The lowest BCUT2D eigenvalue weighted by Crippen LogP contribution is -2.34. The van der Waals surface area contributed by atoms with Gasteiger partial charge in [-0.1, -0.05) is 13.3 Å². The lowest BCUT2D eigenvalue weighted by Gasteiger charge is -2.22. The van der Waals surface area contributed by atoms with Crippen LogP contribution in [-0.4, -0.2) is 33.3 Å². The zero-order chi connectivity index (χ0) is 14.7. The lowest BCUT2D eigenvalue weighted by atomic mass is 10.1. The maximum absolute atomic E-state index is 12.5. The van der Waals surface area contributed by atoms with Crippen molar-refractivity contribution in [3.8, 4) is 0 Å². The smallest absolute Gasteiger partial charge is 0.300 e. The van der Waals surface area contributed by atoms with Gasteiger partial charge in [-0.3, -0.25) is 14.9 Å². The number of nitrogen functional groups attached to an aromatic ring is 1. The van der Waals surface area contributed by atoms with E-state index in [1.807, 2.05) is 6.92 Å². The van der Waals surface area contributed by atoms with Crippen molar-refractivity contribution >= 4 is 17.4 Å². The summed E-state index contributed by atoms with van der Waals surface area (Å²) >= 11 is 0. The number of anilines is 1. The molecule has 1 aliphatic rings. The first kappa shape index (κ1) is 14.2. The third-order valence-electron chi connectivity index (χ3n) is 3.33. The molecule has 1 fully saturated rings. The summed E-state index contributed by atoms with van der Waals surface area (Å²) in [6.45, 7) is 2.67. The molecular formula is C13H18N4O3. The third kappa shape index (κ3) is 3.04. The van der Waals surface area contributed by atoms with Crippen LogP contribution in [0, 0.1) is 10.1 Å². The van der Waals surface area contributed by atoms with E-state index in [2.05, 4.69) is 4.98 Å². The van der Waals surface area contributed by atoms with E-state index in [0.717, 1.165) is 31.9 Å². The van der Waals surface area contributed by atoms with Crippen molar-refractivity contribution in [1.29, 1.82) is 0 Å². The molecule has 0 spiro atoms. The molecule has 7 nitrogen and oxygen atoms in total. The molecule has 0 atom stereocenters. The molecule has 0 aromatic carbocycles. The van der Waals surface area contributed by atoms with Crippen LogP contribution in [0.4, 0.5) is 11.5 Å². The van der Waals surface area contributed by atoms with Crippen molar-refractivity contribution in [3.63, 3.8) is 0 Å². The van der Waals surface area contributed by atoms with Gasteiger partial charge >= 0.3 is 0 Å². The summed E-state index contributed by atoms with van der Waals surface area (Å²) in [4.78, 5) is 28.4. The van der Waals surface area contributed by atoms with Crippen molar-refractivity contribution in [2.75, 3.05) is 12.3 Å². The summed E-state index contributed by atoms with van der Waals surface area (Å²) in [7, 11) is 0. The fraction of sp³-hybridized carbons (Fsp3) is 0.538. The van der Waals surface area contributed by atoms with E-state index in [4.69, 9.17) is 5.73 Å². The number of nitrogens with two attached hydrogens (primary N) is 1. The number of nitro groups is 1. The highest BCUT2D eigenvalue weighted by Crippen LogP contribution is 2.30. The van der Waals surface area contributed by atoms with Crippen LogP contribution in [0.15, 0.2) is 12.3 Å². The molecule has 0 unspecified atom stereocenters. The molecule has 0 bridgehead atoms. The summed E-state index contributed by atoms with van der Waals surface area (Å²) in [5, 5.41) is 11.0. The summed E-state index contributed by atoms with van der Waals surface area (Å²) in [5.74, 6) is -0.202. The van der Waals surface area contributed by atoms with Gasteiger partial charge in [0.1, 0.15) is 17.6 Å². The Balaban J connectivity index is 2.30. The van der Waals surface area contributed by atoms with Gasteiger partial charge in [-0.2, -0.15) is 0 Å². The minimum atomic E-state index is -0.593. The number of pyridine rings is 1. The molecule has 1 amide bonds.